The highest BCUT2D eigenvalue weighted by Crippen LogP contribution is 2.21. The first-order valence-electron chi connectivity index (χ1n) is 5.37. The number of hydrogen-bond donors (Lipinski definition) is 1. The Balaban J connectivity index is 1.57. The molecule has 1 unspecified atom stereocenters. The molecule has 4 nitrogen and oxygen atoms in total. The van der Waals surface area contributed by atoms with Gasteiger partial charge in [-0.1, -0.05) is 0 Å². The number of hydrogen-bond acceptors (Lipinski definition) is 3. The van der Waals surface area contributed by atoms with Gasteiger partial charge in [-0.05, 0) is 25.7 Å². The van der Waals surface area contributed by atoms with Gasteiger partial charge in [0.05, 0.1) is 6.61 Å². The van der Waals surface area contributed by atoms with E-state index in [-0.39, 0.29) is 12.2 Å². The van der Waals surface area contributed by atoms with Crippen LogP contribution in [0.4, 0.5) is 4.79 Å². The lowest BCUT2D eigenvalue weighted by Gasteiger charge is -2.25. The fourth-order valence-corrected chi connectivity index (χ4v) is 1.65. The molecular weight excluding hydrogens is 182 g/mol. The molecule has 0 aromatic rings. The van der Waals surface area contributed by atoms with Gasteiger partial charge in [0.2, 0.25) is 0 Å². The summed E-state index contributed by atoms with van der Waals surface area (Å²) in [4.78, 5) is 11.2. The molecule has 0 spiro atoms. The predicted octanol–water partition coefficient (Wildman–Crippen LogP) is 1.30. The number of carbonyl (C=O) groups excluding carboxylic acids is 1. The smallest absolute Gasteiger partial charge is 0.407 e. The van der Waals surface area contributed by atoms with E-state index >= 15 is 0 Å². The van der Waals surface area contributed by atoms with Crippen LogP contribution in [0.25, 0.3) is 0 Å². The minimum Gasteiger partial charge on any atom is -0.446 e. The maximum atomic E-state index is 11.2. The van der Waals surface area contributed by atoms with E-state index in [2.05, 4.69) is 5.32 Å². The molecule has 0 radical (unpaired) electrons. The Morgan fingerprint density at radius 2 is 2.29 bits per heavy atom. The Morgan fingerprint density at radius 1 is 1.43 bits per heavy atom. The average molecular weight is 199 g/mol. The van der Waals surface area contributed by atoms with Gasteiger partial charge in [0.1, 0.15) is 6.10 Å². The minimum absolute atomic E-state index is 0.176. The fraction of sp³-hybridized carbons (Fsp3) is 0.900. The van der Waals surface area contributed by atoms with Crippen molar-refractivity contribution in [2.45, 2.75) is 31.8 Å². The maximum absolute atomic E-state index is 11.2. The predicted molar refractivity (Wildman–Crippen MR) is 51.0 cm³/mol. The summed E-state index contributed by atoms with van der Waals surface area (Å²) in [6.45, 7) is 2.28. The lowest BCUT2D eigenvalue weighted by atomic mass is 9.96. The van der Waals surface area contributed by atoms with Crippen LogP contribution in [0.15, 0.2) is 0 Å². The van der Waals surface area contributed by atoms with Crippen molar-refractivity contribution in [3.05, 3.63) is 0 Å². The second-order valence-corrected chi connectivity index (χ2v) is 4.07. The Hall–Kier alpha value is -0.770. The molecule has 1 aliphatic carbocycles. The van der Waals surface area contributed by atoms with Gasteiger partial charge in [0.25, 0.3) is 0 Å². The highest BCUT2D eigenvalue weighted by Gasteiger charge is 2.22. The van der Waals surface area contributed by atoms with Gasteiger partial charge >= 0.3 is 6.09 Å². The summed E-state index contributed by atoms with van der Waals surface area (Å²) in [6, 6.07) is 0. The van der Waals surface area contributed by atoms with Crippen LogP contribution in [0, 0.1) is 5.92 Å². The van der Waals surface area contributed by atoms with E-state index in [1.165, 1.54) is 6.42 Å². The number of alkyl carbamates (subject to hydrolysis) is 1. The van der Waals surface area contributed by atoms with E-state index in [0.717, 1.165) is 32.5 Å². The van der Waals surface area contributed by atoms with E-state index in [1.807, 2.05) is 0 Å². The number of ether oxygens (including phenoxy) is 2. The molecule has 1 saturated carbocycles. The summed E-state index contributed by atoms with van der Waals surface area (Å²) in [5.41, 5.74) is 0. The number of rotatable bonds is 3. The van der Waals surface area contributed by atoms with Crippen LogP contribution in [-0.2, 0) is 9.47 Å². The van der Waals surface area contributed by atoms with E-state index in [0.29, 0.717) is 12.5 Å². The van der Waals surface area contributed by atoms with Gasteiger partial charge in [0, 0.05) is 19.1 Å². The first kappa shape index (κ1) is 9.77. The molecule has 1 N–H and O–H groups in total. The summed E-state index contributed by atoms with van der Waals surface area (Å²) in [7, 11) is 0. The van der Waals surface area contributed by atoms with Crippen molar-refractivity contribution < 1.29 is 14.3 Å². The highest BCUT2D eigenvalue weighted by molar-refractivity contribution is 5.67. The normalized spacial score (nSPS) is 27.0. The first-order valence-corrected chi connectivity index (χ1v) is 5.37. The van der Waals surface area contributed by atoms with Crippen molar-refractivity contribution in [3.63, 3.8) is 0 Å². The summed E-state index contributed by atoms with van der Waals surface area (Å²) >= 11 is 0. The van der Waals surface area contributed by atoms with Gasteiger partial charge in [0.15, 0.2) is 0 Å². The molecule has 14 heavy (non-hydrogen) atoms. The van der Waals surface area contributed by atoms with Gasteiger partial charge < -0.3 is 14.8 Å². The van der Waals surface area contributed by atoms with Crippen molar-refractivity contribution in [1.82, 2.24) is 5.32 Å². The van der Waals surface area contributed by atoms with E-state index in [4.69, 9.17) is 9.47 Å². The molecular formula is C10H17NO3. The van der Waals surface area contributed by atoms with Crippen molar-refractivity contribution in [2.24, 2.45) is 5.92 Å². The molecule has 1 aliphatic heterocycles. The summed E-state index contributed by atoms with van der Waals surface area (Å²) in [5, 5.41) is 2.78. The van der Waals surface area contributed by atoms with E-state index in [9.17, 15) is 4.79 Å². The highest BCUT2D eigenvalue weighted by atomic mass is 16.6. The van der Waals surface area contributed by atoms with Crippen molar-refractivity contribution in [3.8, 4) is 0 Å². The van der Waals surface area contributed by atoms with Crippen LogP contribution in [0.5, 0.6) is 0 Å². The molecule has 2 fully saturated rings. The van der Waals surface area contributed by atoms with Crippen LogP contribution in [0.3, 0.4) is 0 Å². The Labute approximate surface area is 84.0 Å². The first-order chi connectivity index (χ1) is 6.84. The lowest BCUT2D eigenvalue weighted by molar-refractivity contribution is 0.0517. The summed E-state index contributed by atoms with van der Waals surface area (Å²) in [5.74, 6) is 0.476. The third-order valence-corrected chi connectivity index (χ3v) is 2.88. The van der Waals surface area contributed by atoms with Gasteiger partial charge in [-0.15, -0.1) is 0 Å². The zero-order valence-electron chi connectivity index (χ0n) is 8.33. The van der Waals surface area contributed by atoms with Gasteiger partial charge in [-0.25, -0.2) is 4.79 Å². The third kappa shape index (κ3) is 2.61. The molecule has 0 bridgehead atoms. The maximum Gasteiger partial charge on any atom is 0.407 e. The summed E-state index contributed by atoms with van der Waals surface area (Å²) < 4.78 is 10.4. The second kappa shape index (κ2) is 4.64. The van der Waals surface area contributed by atoms with E-state index in [1.54, 1.807) is 0 Å². The molecule has 4 heteroatoms. The van der Waals surface area contributed by atoms with Crippen LogP contribution in [-0.4, -0.2) is 32.0 Å². The third-order valence-electron chi connectivity index (χ3n) is 2.88. The fourth-order valence-electron chi connectivity index (χ4n) is 1.65. The minimum atomic E-state index is -0.262. The van der Waals surface area contributed by atoms with Crippen LogP contribution < -0.4 is 5.32 Å². The molecule has 1 saturated heterocycles. The summed E-state index contributed by atoms with van der Waals surface area (Å²) in [6.07, 6.45) is 4.20. The second-order valence-electron chi connectivity index (χ2n) is 4.07. The topological polar surface area (TPSA) is 47.6 Å². The molecule has 0 aromatic heterocycles. The Kier molecular flexibility index (Phi) is 3.24. The quantitative estimate of drug-likeness (QED) is 0.745. The largest absolute Gasteiger partial charge is 0.446 e. The molecule has 1 atom stereocenters. The van der Waals surface area contributed by atoms with Gasteiger partial charge in [-0.3, -0.25) is 0 Å². The van der Waals surface area contributed by atoms with Crippen molar-refractivity contribution in [2.75, 3.05) is 19.8 Å². The van der Waals surface area contributed by atoms with Crippen molar-refractivity contribution >= 4 is 6.09 Å². The standard InChI is InChI=1S/C10H17NO3/c12-10(14-9-2-1-3-9)11-6-8-4-5-13-7-8/h8-9H,1-7H2,(H,11,12). The van der Waals surface area contributed by atoms with Crippen LogP contribution >= 0.6 is 0 Å². The molecule has 1 amide bonds. The number of carbonyl (C=O) groups is 1. The molecule has 1 heterocycles. The Morgan fingerprint density at radius 3 is 2.86 bits per heavy atom. The van der Waals surface area contributed by atoms with E-state index < -0.39 is 0 Å². The van der Waals surface area contributed by atoms with Crippen LogP contribution in [0.1, 0.15) is 25.7 Å². The Bertz CT molecular complexity index is 198. The molecule has 2 rings (SSSR count). The molecule has 2 aliphatic rings. The van der Waals surface area contributed by atoms with Crippen molar-refractivity contribution in [1.29, 1.82) is 0 Å². The molecule has 80 valence electrons. The lowest BCUT2D eigenvalue weighted by Crippen LogP contribution is -2.35. The SMILES string of the molecule is O=C(NCC1CCOC1)OC1CCC1. The zero-order chi connectivity index (χ0) is 9.80. The zero-order valence-corrected chi connectivity index (χ0v) is 8.33. The molecule has 0 aromatic carbocycles. The number of amides is 1. The van der Waals surface area contributed by atoms with Crippen LogP contribution in [0.2, 0.25) is 0 Å². The van der Waals surface area contributed by atoms with Gasteiger partial charge in [-0.2, -0.15) is 0 Å². The number of nitrogens with one attached hydrogen (secondary N) is 1. The average Bonchev–Trinajstić information content (AvgIpc) is 2.60. The monoisotopic (exact) mass is 199 g/mol.